The Bertz CT molecular complexity index is 526. The van der Waals surface area contributed by atoms with Crippen molar-refractivity contribution in [2.75, 3.05) is 70.9 Å². The molecule has 140 valence electrons. The summed E-state index contributed by atoms with van der Waals surface area (Å²) in [5, 5.41) is 3.28. The minimum Gasteiger partial charge on any atom is -0.495 e. The quantitative estimate of drug-likeness (QED) is 0.681. The van der Waals surface area contributed by atoms with Crippen LogP contribution in [0.3, 0.4) is 0 Å². The van der Waals surface area contributed by atoms with Gasteiger partial charge in [-0.1, -0.05) is 26.0 Å². The summed E-state index contributed by atoms with van der Waals surface area (Å²) in [5.41, 5.74) is 1.11. The highest BCUT2D eigenvalue weighted by atomic mass is 16.5. The summed E-state index contributed by atoms with van der Waals surface area (Å²) in [6.07, 6.45) is 0. The number of hydrogen-bond donors (Lipinski definition) is 1. The van der Waals surface area contributed by atoms with Gasteiger partial charge in [-0.05, 0) is 25.2 Å². The first-order valence-electron chi connectivity index (χ1n) is 9.28. The van der Waals surface area contributed by atoms with Gasteiger partial charge in [-0.2, -0.15) is 0 Å². The topological polar surface area (TPSA) is 48.1 Å². The summed E-state index contributed by atoms with van der Waals surface area (Å²) < 4.78 is 5.44. The highest BCUT2D eigenvalue weighted by molar-refractivity contribution is 5.78. The summed E-state index contributed by atoms with van der Waals surface area (Å²) in [6, 6.07) is 8.05. The van der Waals surface area contributed by atoms with Crippen molar-refractivity contribution in [1.82, 2.24) is 15.1 Å². The number of amides is 1. The third-order valence-electron chi connectivity index (χ3n) is 4.83. The Morgan fingerprint density at radius 2 is 1.84 bits per heavy atom. The molecule has 0 bridgehead atoms. The zero-order valence-electron chi connectivity index (χ0n) is 15.8. The molecule has 6 heteroatoms. The van der Waals surface area contributed by atoms with Gasteiger partial charge in [0, 0.05) is 39.3 Å². The molecule has 0 unspecified atom stereocenters. The van der Waals surface area contributed by atoms with Crippen molar-refractivity contribution in [3.63, 3.8) is 0 Å². The van der Waals surface area contributed by atoms with E-state index in [1.807, 2.05) is 23.1 Å². The fourth-order valence-electron chi connectivity index (χ4n) is 3.17. The van der Waals surface area contributed by atoms with E-state index in [1.54, 1.807) is 7.11 Å². The molecule has 25 heavy (non-hydrogen) atoms. The number of nitrogens with one attached hydrogen (secondary N) is 1. The fraction of sp³-hybridized carbons (Fsp3) is 0.632. The molecule has 1 aromatic carbocycles. The van der Waals surface area contributed by atoms with E-state index >= 15 is 0 Å². The Morgan fingerprint density at radius 1 is 1.16 bits per heavy atom. The largest absolute Gasteiger partial charge is 0.495 e. The predicted molar refractivity (Wildman–Crippen MR) is 102 cm³/mol. The Labute approximate surface area is 151 Å². The van der Waals surface area contributed by atoms with E-state index < -0.39 is 0 Å². The van der Waals surface area contributed by atoms with Crippen molar-refractivity contribution in [2.24, 2.45) is 0 Å². The molecule has 0 spiro atoms. The van der Waals surface area contributed by atoms with Crippen molar-refractivity contribution in [3.8, 4) is 5.75 Å². The van der Waals surface area contributed by atoms with Crippen LogP contribution < -0.4 is 15.0 Å². The van der Waals surface area contributed by atoms with Crippen LogP contribution >= 0.6 is 0 Å². The Hall–Kier alpha value is -1.79. The molecule has 1 heterocycles. The number of ether oxygens (including phenoxy) is 1. The van der Waals surface area contributed by atoms with Crippen LogP contribution in [0.15, 0.2) is 24.3 Å². The summed E-state index contributed by atoms with van der Waals surface area (Å²) in [6.45, 7) is 11.9. The zero-order chi connectivity index (χ0) is 18.1. The molecule has 1 fully saturated rings. The first-order chi connectivity index (χ1) is 12.2. The standard InChI is InChI=1S/C19H32N4O2/c1-4-21(5-2)11-10-20-16-19(24)23-14-12-22(13-15-23)17-8-6-7-9-18(17)25-3/h6-9,20H,4-5,10-16H2,1-3H3. The summed E-state index contributed by atoms with van der Waals surface area (Å²) in [5.74, 6) is 1.08. The molecule has 0 aromatic heterocycles. The van der Waals surface area contributed by atoms with Crippen molar-refractivity contribution in [1.29, 1.82) is 0 Å². The van der Waals surface area contributed by atoms with Gasteiger partial charge in [0.05, 0.1) is 19.3 Å². The summed E-state index contributed by atoms with van der Waals surface area (Å²) in [7, 11) is 1.70. The third kappa shape index (κ3) is 5.61. The first-order valence-corrected chi connectivity index (χ1v) is 9.28. The van der Waals surface area contributed by atoms with Crippen LogP contribution in [0.1, 0.15) is 13.8 Å². The van der Waals surface area contributed by atoms with Crippen LogP contribution in [-0.2, 0) is 4.79 Å². The lowest BCUT2D eigenvalue weighted by atomic mass is 10.2. The molecule has 1 N–H and O–H groups in total. The van der Waals surface area contributed by atoms with Crippen LogP contribution in [0.5, 0.6) is 5.75 Å². The second-order valence-electron chi connectivity index (χ2n) is 6.24. The number of likely N-dealkylation sites (N-methyl/N-ethyl adjacent to an activating group) is 1. The van der Waals surface area contributed by atoms with Gasteiger partial charge < -0.3 is 24.8 Å². The number of carbonyl (C=O) groups is 1. The fourth-order valence-corrected chi connectivity index (χ4v) is 3.17. The Kier molecular flexibility index (Phi) is 8.01. The van der Waals surface area contributed by atoms with Crippen LogP contribution in [0.2, 0.25) is 0 Å². The third-order valence-corrected chi connectivity index (χ3v) is 4.83. The number of piperazine rings is 1. The Balaban J connectivity index is 1.73. The SMILES string of the molecule is CCN(CC)CCNCC(=O)N1CCN(c2ccccc2OC)CC1. The normalized spacial score (nSPS) is 14.9. The van der Waals surface area contributed by atoms with Crippen LogP contribution in [0.25, 0.3) is 0 Å². The van der Waals surface area contributed by atoms with Gasteiger partial charge in [0.15, 0.2) is 0 Å². The number of anilines is 1. The maximum absolute atomic E-state index is 12.4. The monoisotopic (exact) mass is 348 g/mol. The molecule has 0 atom stereocenters. The lowest BCUT2D eigenvalue weighted by Gasteiger charge is -2.36. The van der Waals surface area contributed by atoms with E-state index in [1.165, 1.54) is 0 Å². The van der Waals surface area contributed by atoms with Crippen LogP contribution in [0, 0.1) is 0 Å². The molecule has 0 aliphatic carbocycles. The molecule has 1 saturated heterocycles. The van der Waals surface area contributed by atoms with Crippen molar-refractivity contribution in [3.05, 3.63) is 24.3 Å². The predicted octanol–water partition coefficient (Wildman–Crippen LogP) is 1.28. The number of rotatable bonds is 9. The molecule has 1 aliphatic rings. The van der Waals surface area contributed by atoms with Gasteiger partial charge in [-0.15, -0.1) is 0 Å². The van der Waals surface area contributed by atoms with Crippen LogP contribution in [-0.4, -0.2) is 81.7 Å². The summed E-state index contributed by atoms with van der Waals surface area (Å²) >= 11 is 0. The molecule has 1 amide bonds. The molecular weight excluding hydrogens is 316 g/mol. The molecule has 0 radical (unpaired) electrons. The second-order valence-corrected chi connectivity index (χ2v) is 6.24. The van der Waals surface area contributed by atoms with E-state index in [-0.39, 0.29) is 5.91 Å². The van der Waals surface area contributed by atoms with Crippen molar-refractivity contribution >= 4 is 11.6 Å². The van der Waals surface area contributed by atoms with Gasteiger partial charge in [0.1, 0.15) is 5.75 Å². The van der Waals surface area contributed by atoms with E-state index in [2.05, 4.69) is 35.0 Å². The van der Waals surface area contributed by atoms with Gasteiger partial charge in [0.25, 0.3) is 0 Å². The number of hydrogen-bond acceptors (Lipinski definition) is 5. The highest BCUT2D eigenvalue weighted by Crippen LogP contribution is 2.28. The van der Waals surface area contributed by atoms with E-state index in [0.29, 0.717) is 6.54 Å². The molecule has 6 nitrogen and oxygen atoms in total. The van der Waals surface area contributed by atoms with Gasteiger partial charge in [0.2, 0.25) is 5.91 Å². The summed E-state index contributed by atoms with van der Waals surface area (Å²) in [4.78, 5) is 18.9. The average molecular weight is 348 g/mol. The number of benzene rings is 1. The van der Waals surface area contributed by atoms with Gasteiger partial charge in [-0.3, -0.25) is 4.79 Å². The van der Waals surface area contributed by atoms with E-state index in [9.17, 15) is 4.79 Å². The zero-order valence-corrected chi connectivity index (χ0v) is 15.8. The molecule has 2 rings (SSSR count). The Morgan fingerprint density at radius 3 is 2.48 bits per heavy atom. The van der Waals surface area contributed by atoms with Crippen molar-refractivity contribution in [2.45, 2.75) is 13.8 Å². The number of nitrogens with zero attached hydrogens (tertiary/aromatic N) is 3. The van der Waals surface area contributed by atoms with E-state index in [0.717, 1.165) is 63.8 Å². The number of para-hydroxylation sites is 2. The second kappa shape index (κ2) is 10.3. The maximum atomic E-state index is 12.4. The lowest BCUT2D eigenvalue weighted by Crippen LogP contribution is -2.51. The lowest BCUT2D eigenvalue weighted by molar-refractivity contribution is -0.130. The van der Waals surface area contributed by atoms with Crippen LogP contribution in [0.4, 0.5) is 5.69 Å². The highest BCUT2D eigenvalue weighted by Gasteiger charge is 2.22. The minimum atomic E-state index is 0.194. The van der Waals surface area contributed by atoms with Gasteiger partial charge >= 0.3 is 0 Å². The average Bonchev–Trinajstić information content (AvgIpc) is 2.68. The molecule has 1 aliphatic heterocycles. The van der Waals surface area contributed by atoms with E-state index in [4.69, 9.17) is 4.74 Å². The smallest absolute Gasteiger partial charge is 0.236 e. The maximum Gasteiger partial charge on any atom is 0.236 e. The first kappa shape index (κ1) is 19.5. The molecular formula is C19H32N4O2. The molecule has 0 saturated carbocycles. The van der Waals surface area contributed by atoms with Crippen molar-refractivity contribution < 1.29 is 9.53 Å². The molecule has 1 aromatic rings. The van der Waals surface area contributed by atoms with Gasteiger partial charge in [-0.25, -0.2) is 0 Å². The minimum absolute atomic E-state index is 0.194. The number of methoxy groups -OCH3 is 1. The number of carbonyl (C=O) groups excluding carboxylic acids is 1.